The van der Waals surface area contributed by atoms with Crippen molar-refractivity contribution in [2.24, 2.45) is 0 Å². The summed E-state index contributed by atoms with van der Waals surface area (Å²) in [6.45, 7) is 1.16. The molecule has 1 saturated heterocycles. The van der Waals surface area contributed by atoms with Crippen LogP contribution in [0.1, 0.15) is 38.8 Å². The second-order valence-corrected chi connectivity index (χ2v) is 10.0. The number of anilines is 1. The molecule has 4 N–H and O–H groups in total. The predicted octanol–water partition coefficient (Wildman–Crippen LogP) is 3.13. The van der Waals surface area contributed by atoms with Gasteiger partial charge < -0.3 is 20.5 Å². The van der Waals surface area contributed by atoms with Crippen molar-refractivity contribution < 1.29 is 29.4 Å². The number of carboxylic acids is 1. The molecule has 2 aliphatic heterocycles. The molecule has 0 radical (unpaired) electrons. The summed E-state index contributed by atoms with van der Waals surface area (Å²) in [6.07, 6.45) is 0.294. The molecule has 40 heavy (non-hydrogen) atoms. The first kappa shape index (κ1) is 25.3. The number of imide groups is 1. The highest BCUT2D eigenvalue weighted by Gasteiger charge is 2.53. The second-order valence-electron chi connectivity index (χ2n) is 10.0. The normalized spacial score (nSPS) is 18.9. The van der Waals surface area contributed by atoms with E-state index in [0.29, 0.717) is 6.42 Å². The number of H-pyrrole nitrogens is 1. The molecule has 1 aromatic heterocycles. The van der Waals surface area contributed by atoms with Gasteiger partial charge >= 0.3 is 12.0 Å². The minimum Gasteiger partial charge on any atom is -0.480 e. The summed E-state index contributed by atoms with van der Waals surface area (Å²) < 4.78 is 0. The van der Waals surface area contributed by atoms with Gasteiger partial charge in [-0.15, -0.1) is 0 Å². The fourth-order valence-corrected chi connectivity index (χ4v) is 5.67. The van der Waals surface area contributed by atoms with Gasteiger partial charge in [0.05, 0.1) is 17.9 Å². The average molecular weight is 539 g/mol. The fraction of sp³-hybridized carbons (Fsp3) is 0.200. The van der Waals surface area contributed by atoms with Gasteiger partial charge in [-0.1, -0.05) is 60.2 Å². The Kier molecular flexibility index (Phi) is 6.11. The number of carbonyl (C=O) groups excluding carboxylic acids is 3. The van der Waals surface area contributed by atoms with E-state index >= 15 is 0 Å². The van der Waals surface area contributed by atoms with Crippen LogP contribution in [0.5, 0.6) is 0 Å². The summed E-state index contributed by atoms with van der Waals surface area (Å²) in [4.78, 5) is 58.6. The van der Waals surface area contributed by atoms with Crippen LogP contribution < -0.4 is 10.2 Å². The minimum atomic E-state index is -1.54. The predicted molar refractivity (Wildman–Crippen MR) is 146 cm³/mol. The lowest BCUT2D eigenvalue weighted by atomic mass is 9.88. The first-order valence-corrected chi connectivity index (χ1v) is 12.9. The number of urea groups is 1. The van der Waals surface area contributed by atoms with Gasteiger partial charge in [0.1, 0.15) is 12.1 Å². The second kappa shape index (κ2) is 9.65. The Hall–Kier alpha value is -4.96. The molecule has 3 aromatic carbocycles. The number of aromatic nitrogens is 1. The number of carbonyl (C=O) groups is 4. The van der Waals surface area contributed by atoms with Crippen molar-refractivity contribution in [3.63, 3.8) is 0 Å². The maximum atomic E-state index is 14.1. The Labute approximate surface area is 228 Å². The van der Waals surface area contributed by atoms with Crippen LogP contribution in [0.25, 0.3) is 10.9 Å². The molecule has 1 fully saturated rings. The first-order valence-electron chi connectivity index (χ1n) is 12.9. The van der Waals surface area contributed by atoms with Crippen LogP contribution in [0.3, 0.4) is 0 Å². The molecular weight excluding hydrogens is 512 g/mol. The fourth-order valence-electron chi connectivity index (χ4n) is 5.67. The quantitative estimate of drug-likeness (QED) is 0.278. The molecule has 0 aliphatic carbocycles. The van der Waals surface area contributed by atoms with Crippen LogP contribution >= 0.6 is 0 Å². The highest BCUT2D eigenvalue weighted by atomic mass is 16.4. The first-order chi connectivity index (χ1) is 19.3. The summed E-state index contributed by atoms with van der Waals surface area (Å²) in [6, 6.07) is 18.2. The van der Waals surface area contributed by atoms with E-state index in [0.717, 1.165) is 38.2 Å². The number of hydrogen-bond donors (Lipinski definition) is 4. The van der Waals surface area contributed by atoms with Crippen LogP contribution in [-0.2, 0) is 16.0 Å². The van der Waals surface area contributed by atoms with Crippen LogP contribution in [0.15, 0.2) is 72.8 Å². The van der Waals surface area contributed by atoms with Crippen molar-refractivity contribution >= 4 is 40.4 Å². The van der Waals surface area contributed by atoms with E-state index in [1.807, 2.05) is 55.5 Å². The molecule has 6 rings (SSSR count). The molecule has 3 atom stereocenters. The van der Waals surface area contributed by atoms with E-state index in [4.69, 9.17) is 0 Å². The van der Waals surface area contributed by atoms with Crippen molar-refractivity contribution in [2.45, 2.75) is 31.5 Å². The standard InChI is InChI=1S/C30H26N4O6/c1-16-10-12-17(13-11-16)26-25-20(18-6-2-4-8-21(18)31-25)14-24-28(37)34(30(40)33(24)26)23-9-5-3-7-19(23)27(36)32-22(15-35)29(38)39/h2-13,22,24,26,31,35H,14-15H2,1H3,(H,32,36)(H,38,39)/t22-,24-,26?/m0/s1. The van der Waals surface area contributed by atoms with Gasteiger partial charge in [0.25, 0.3) is 11.8 Å². The van der Waals surface area contributed by atoms with Gasteiger partial charge in [-0.2, -0.15) is 0 Å². The average Bonchev–Trinajstić information content (AvgIpc) is 3.45. The number of aliphatic carboxylic acids is 1. The molecule has 3 heterocycles. The van der Waals surface area contributed by atoms with Gasteiger partial charge in [0.2, 0.25) is 0 Å². The Bertz CT molecular complexity index is 1680. The summed E-state index contributed by atoms with van der Waals surface area (Å²) in [7, 11) is 0. The summed E-state index contributed by atoms with van der Waals surface area (Å²) in [5.41, 5.74) is 4.60. The molecule has 10 heteroatoms. The number of aliphatic hydroxyl groups is 1. The van der Waals surface area contributed by atoms with E-state index < -0.39 is 48.5 Å². The molecule has 4 aromatic rings. The zero-order chi connectivity index (χ0) is 28.1. The van der Waals surface area contributed by atoms with Gasteiger partial charge in [0.15, 0.2) is 6.04 Å². The zero-order valence-electron chi connectivity index (χ0n) is 21.5. The van der Waals surface area contributed by atoms with Crippen LogP contribution in [0, 0.1) is 6.92 Å². The lowest BCUT2D eigenvalue weighted by Gasteiger charge is -2.36. The maximum absolute atomic E-state index is 14.1. The molecule has 4 amide bonds. The van der Waals surface area contributed by atoms with Crippen molar-refractivity contribution in [1.29, 1.82) is 0 Å². The molecule has 202 valence electrons. The van der Waals surface area contributed by atoms with Gasteiger partial charge in [-0.25, -0.2) is 14.5 Å². The summed E-state index contributed by atoms with van der Waals surface area (Å²) >= 11 is 0. The van der Waals surface area contributed by atoms with Crippen molar-refractivity contribution in [2.75, 3.05) is 11.5 Å². The Morgan fingerprint density at radius 2 is 1.73 bits per heavy atom. The number of benzene rings is 3. The number of rotatable bonds is 6. The third-order valence-electron chi connectivity index (χ3n) is 7.62. The highest BCUT2D eigenvalue weighted by Crippen LogP contribution is 2.45. The summed E-state index contributed by atoms with van der Waals surface area (Å²) in [5.74, 6) is -2.71. The zero-order valence-corrected chi connectivity index (χ0v) is 21.5. The van der Waals surface area contributed by atoms with Crippen LogP contribution in [0.4, 0.5) is 10.5 Å². The number of hydrogen-bond acceptors (Lipinski definition) is 5. The van der Waals surface area contributed by atoms with Crippen LogP contribution in [-0.4, -0.2) is 62.6 Å². The van der Waals surface area contributed by atoms with Gasteiger partial charge in [-0.05, 0) is 36.2 Å². The smallest absolute Gasteiger partial charge is 0.332 e. The monoisotopic (exact) mass is 538 g/mol. The molecule has 0 spiro atoms. The lowest BCUT2D eigenvalue weighted by Crippen LogP contribution is -2.44. The van der Waals surface area contributed by atoms with E-state index in [2.05, 4.69) is 10.3 Å². The van der Waals surface area contributed by atoms with Crippen LogP contribution in [0.2, 0.25) is 0 Å². The van der Waals surface area contributed by atoms with Gasteiger partial charge in [-0.3, -0.25) is 14.5 Å². The van der Waals surface area contributed by atoms with Crippen molar-refractivity contribution in [3.8, 4) is 0 Å². The van der Waals surface area contributed by atoms with E-state index in [9.17, 15) is 29.4 Å². The number of fused-ring (bicyclic) bond motifs is 4. The third-order valence-corrected chi connectivity index (χ3v) is 7.62. The SMILES string of the molecule is Cc1ccc(C2c3[nH]c4ccccc4c3C[C@H]3C(=O)N(c4ccccc4C(=O)N[C@@H](CO)C(=O)O)C(=O)N23)cc1. The van der Waals surface area contributed by atoms with Crippen molar-refractivity contribution in [3.05, 3.63) is 101 Å². The molecule has 10 nitrogen and oxygen atoms in total. The molecule has 0 bridgehead atoms. The van der Waals surface area contributed by atoms with E-state index in [1.54, 1.807) is 17.0 Å². The Morgan fingerprint density at radius 1 is 1.02 bits per heavy atom. The molecule has 2 aliphatic rings. The van der Waals surface area contributed by atoms with Crippen molar-refractivity contribution in [1.82, 2.24) is 15.2 Å². The number of nitrogens with zero attached hydrogens (tertiary/aromatic N) is 2. The molecule has 0 saturated carbocycles. The Morgan fingerprint density at radius 3 is 2.45 bits per heavy atom. The Balaban J connectivity index is 1.45. The third kappa shape index (κ3) is 3.92. The number of nitrogens with one attached hydrogen (secondary N) is 2. The number of aromatic amines is 1. The number of amides is 4. The van der Waals surface area contributed by atoms with Gasteiger partial charge in [0, 0.05) is 23.0 Å². The number of carboxylic acid groups (broad SMARTS) is 1. The lowest BCUT2D eigenvalue weighted by molar-refractivity contribution is -0.140. The maximum Gasteiger partial charge on any atom is 0.332 e. The minimum absolute atomic E-state index is 0.0441. The van der Waals surface area contributed by atoms with E-state index in [1.165, 1.54) is 12.1 Å². The topological polar surface area (TPSA) is 143 Å². The summed E-state index contributed by atoms with van der Waals surface area (Å²) in [5, 5.41) is 21.9. The highest BCUT2D eigenvalue weighted by molar-refractivity contribution is 6.24. The number of aliphatic hydroxyl groups excluding tert-OH is 1. The largest absolute Gasteiger partial charge is 0.480 e. The van der Waals surface area contributed by atoms with E-state index in [-0.39, 0.29) is 11.3 Å². The molecule has 1 unspecified atom stereocenters. The molecular formula is C30H26N4O6. The number of aryl methyl sites for hydroxylation is 1. The number of para-hydroxylation sites is 2.